The maximum Gasteiger partial charge on any atom is 0.142 e. The molecule has 144 valence electrons. The first kappa shape index (κ1) is 20.7. The summed E-state index contributed by atoms with van der Waals surface area (Å²) in [5.74, 6) is 2.09. The molecule has 0 bridgehead atoms. The Morgan fingerprint density at radius 2 is 1.84 bits per heavy atom. The highest BCUT2D eigenvalue weighted by Gasteiger charge is 2.43. The van der Waals surface area contributed by atoms with Crippen molar-refractivity contribution in [3.8, 4) is 0 Å². The van der Waals surface area contributed by atoms with Gasteiger partial charge in [-0.1, -0.05) is 71.4 Å². The molecule has 2 unspecified atom stereocenters. The summed E-state index contributed by atoms with van der Waals surface area (Å²) in [6.45, 7) is 8.96. The molecule has 2 aliphatic carbocycles. The number of hydrogen-bond donors (Lipinski definition) is 0. The molecular weight excluding hydrogens is 304 g/mol. The van der Waals surface area contributed by atoms with E-state index in [4.69, 9.17) is 0 Å². The topological polar surface area (TPSA) is 17.1 Å². The molecule has 25 heavy (non-hydrogen) atoms. The van der Waals surface area contributed by atoms with Crippen LogP contribution in [-0.2, 0) is 4.79 Å². The Kier molecular flexibility index (Phi) is 8.23. The number of rotatable bonds is 9. The van der Waals surface area contributed by atoms with E-state index in [1.807, 2.05) is 0 Å². The summed E-state index contributed by atoms with van der Waals surface area (Å²) in [6, 6.07) is 0. The standard InChI is InChI=1S/C24H42O/c1-5-20(4)23(25)24(19(2)3,18-22-14-10-7-11-15-22)17-16-21-12-8-6-9-13-21/h14,19-21H,5-13,15-18H2,1-4H3. The van der Waals surface area contributed by atoms with Gasteiger partial charge in [-0.2, -0.15) is 0 Å². The van der Waals surface area contributed by atoms with Crippen molar-refractivity contribution in [3.05, 3.63) is 11.6 Å². The summed E-state index contributed by atoms with van der Waals surface area (Å²) in [6.07, 6.45) is 19.0. The van der Waals surface area contributed by atoms with Crippen LogP contribution < -0.4 is 0 Å². The van der Waals surface area contributed by atoms with E-state index in [0.29, 0.717) is 11.7 Å². The first-order valence-electron chi connectivity index (χ1n) is 11.2. The van der Waals surface area contributed by atoms with Gasteiger partial charge in [-0.15, -0.1) is 0 Å². The second-order valence-corrected chi connectivity index (χ2v) is 9.31. The summed E-state index contributed by atoms with van der Waals surface area (Å²) in [7, 11) is 0. The summed E-state index contributed by atoms with van der Waals surface area (Å²) in [4.78, 5) is 13.6. The van der Waals surface area contributed by atoms with E-state index >= 15 is 0 Å². The van der Waals surface area contributed by atoms with Crippen LogP contribution in [0.5, 0.6) is 0 Å². The van der Waals surface area contributed by atoms with Crippen molar-refractivity contribution in [2.75, 3.05) is 0 Å². The lowest BCUT2D eigenvalue weighted by Crippen LogP contribution is -2.41. The average Bonchev–Trinajstić information content (AvgIpc) is 2.65. The van der Waals surface area contributed by atoms with E-state index in [2.05, 4.69) is 33.8 Å². The summed E-state index contributed by atoms with van der Waals surface area (Å²) < 4.78 is 0. The molecule has 0 amide bonds. The summed E-state index contributed by atoms with van der Waals surface area (Å²) in [5.41, 5.74) is 1.47. The van der Waals surface area contributed by atoms with Gasteiger partial charge in [0.15, 0.2) is 0 Å². The number of carbonyl (C=O) groups excluding carboxylic acids is 1. The normalized spacial score (nSPS) is 23.2. The zero-order valence-corrected chi connectivity index (χ0v) is 17.4. The van der Waals surface area contributed by atoms with Gasteiger partial charge in [-0.05, 0) is 63.2 Å². The molecule has 0 spiro atoms. The Hall–Kier alpha value is -0.590. The average molecular weight is 347 g/mol. The molecule has 1 nitrogen and oxygen atoms in total. The monoisotopic (exact) mass is 346 g/mol. The van der Waals surface area contributed by atoms with Crippen LogP contribution in [-0.4, -0.2) is 5.78 Å². The number of allylic oxidation sites excluding steroid dienone is 2. The zero-order valence-electron chi connectivity index (χ0n) is 17.4. The Bertz CT molecular complexity index is 441. The molecule has 1 saturated carbocycles. The minimum Gasteiger partial charge on any atom is -0.299 e. The first-order chi connectivity index (χ1) is 12.0. The molecule has 0 aromatic rings. The van der Waals surface area contributed by atoms with Crippen LogP contribution in [0.25, 0.3) is 0 Å². The second-order valence-electron chi connectivity index (χ2n) is 9.31. The number of ketones is 1. The van der Waals surface area contributed by atoms with Gasteiger partial charge < -0.3 is 0 Å². The van der Waals surface area contributed by atoms with Gasteiger partial charge in [-0.25, -0.2) is 0 Å². The van der Waals surface area contributed by atoms with E-state index in [0.717, 1.165) is 25.2 Å². The highest BCUT2D eigenvalue weighted by Crippen LogP contribution is 2.46. The van der Waals surface area contributed by atoms with Gasteiger partial charge in [0.05, 0.1) is 0 Å². The quantitative estimate of drug-likeness (QED) is 0.395. The fourth-order valence-corrected chi connectivity index (χ4v) is 5.16. The Morgan fingerprint density at radius 3 is 2.40 bits per heavy atom. The molecular formula is C24H42O. The first-order valence-corrected chi connectivity index (χ1v) is 11.2. The Balaban J connectivity index is 2.19. The molecule has 0 N–H and O–H groups in total. The van der Waals surface area contributed by atoms with E-state index in [1.54, 1.807) is 5.57 Å². The predicted molar refractivity (Wildman–Crippen MR) is 109 cm³/mol. The predicted octanol–water partition coefficient (Wildman–Crippen LogP) is 7.50. The maximum absolute atomic E-state index is 13.6. The fraction of sp³-hybridized carbons (Fsp3) is 0.875. The lowest BCUT2D eigenvalue weighted by molar-refractivity contribution is -0.136. The van der Waals surface area contributed by atoms with Crippen LogP contribution in [0.2, 0.25) is 0 Å². The van der Waals surface area contributed by atoms with Crippen LogP contribution in [0.3, 0.4) is 0 Å². The molecule has 0 aromatic heterocycles. The van der Waals surface area contributed by atoms with Crippen molar-refractivity contribution in [1.82, 2.24) is 0 Å². The molecule has 0 aromatic carbocycles. The van der Waals surface area contributed by atoms with Gasteiger partial charge >= 0.3 is 0 Å². The van der Waals surface area contributed by atoms with Gasteiger partial charge in [0.1, 0.15) is 5.78 Å². The van der Waals surface area contributed by atoms with Crippen molar-refractivity contribution >= 4 is 5.78 Å². The minimum atomic E-state index is -0.115. The molecule has 1 fully saturated rings. The molecule has 0 saturated heterocycles. The molecule has 0 aliphatic heterocycles. The highest BCUT2D eigenvalue weighted by molar-refractivity contribution is 5.87. The van der Waals surface area contributed by atoms with Crippen molar-refractivity contribution in [2.24, 2.45) is 23.2 Å². The van der Waals surface area contributed by atoms with Crippen molar-refractivity contribution in [3.63, 3.8) is 0 Å². The van der Waals surface area contributed by atoms with E-state index in [9.17, 15) is 4.79 Å². The minimum absolute atomic E-state index is 0.115. The third-order valence-electron chi connectivity index (χ3n) is 7.31. The Morgan fingerprint density at radius 1 is 1.12 bits per heavy atom. The second kappa shape index (κ2) is 9.93. The van der Waals surface area contributed by atoms with Crippen LogP contribution in [0.4, 0.5) is 0 Å². The maximum atomic E-state index is 13.6. The summed E-state index contributed by atoms with van der Waals surface area (Å²) in [5, 5.41) is 0. The van der Waals surface area contributed by atoms with Gasteiger partial charge in [0, 0.05) is 11.3 Å². The van der Waals surface area contributed by atoms with Gasteiger partial charge in [-0.3, -0.25) is 4.79 Å². The number of carbonyl (C=O) groups is 1. The van der Waals surface area contributed by atoms with Gasteiger partial charge in [0.25, 0.3) is 0 Å². The van der Waals surface area contributed by atoms with E-state index in [-0.39, 0.29) is 11.3 Å². The van der Waals surface area contributed by atoms with Gasteiger partial charge in [0.2, 0.25) is 0 Å². The van der Waals surface area contributed by atoms with Crippen LogP contribution in [0.15, 0.2) is 11.6 Å². The molecule has 0 heterocycles. The Labute approximate surface area is 157 Å². The molecule has 2 atom stereocenters. The van der Waals surface area contributed by atoms with Crippen molar-refractivity contribution in [2.45, 2.75) is 111 Å². The highest BCUT2D eigenvalue weighted by atomic mass is 16.1. The van der Waals surface area contributed by atoms with E-state index < -0.39 is 0 Å². The number of Topliss-reactive ketones (excluding diaryl/α,β-unsaturated/α-hetero) is 1. The summed E-state index contributed by atoms with van der Waals surface area (Å²) >= 11 is 0. The lowest BCUT2D eigenvalue weighted by Gasteiger charge is -2.41. The van der Waals surface area contributed by atoms with Crippen LogP contribution >= 0.6 is 0 Å². The molecule has 1 heteroatoms. The number of hydrogen-bond acceptors (Lipinski definition) is 1. The van der Waals surface area contributed by atoms with Crippen molar-refractivity contribution in [1.29, 1.82) is 0 Å². The lowest BCUT2D eigenvalue weighted by atomic mass is 9.62. The molecule has 2 aliphatic rings. The third kappa shape index (κ3) is 5.44. The smallest absolute Gasteiger partial charge is 0.142 e. The molecule has 0 radical (unpaired) electrons. The van der Waals surface area contributed by atoms with E-state index in [1.165, 1.54) is 64.2 Å². The van der Waals surface area contributed by atoms with Crippen LogP contribution in [0.1, 0.15) is 111 Å². The largest absolute Gasteiger partial charge is 0.299 e. The SMILES string of the molecule is CCC(C)C(=O)C(CCC1CCCCC1)(CC1=CCCCC1)C(C)C. The molecule has 2 rings (SSSR count). The third-order valence-corrected chi connectivity index (χ3v) is 7.31. The zero-order chi connectivity index (χ0) is 18.3. The van der Waals surface area contributed by atoms with Crippen LogP contribution in [0, 0.1) is 23.2 Å². The van der Waals surface area contributed by atoms with Crippen molar-refractivity contribution < 1.29 is 4.79 Å². The fourth-order valence-electron chi connectivity index (χ4n) is 5.16.